The number of halogens is 1. The molecule has 3 amide bonds. The van der Waals surface area contributed by atoms with E-state index in [9.17, 15) is 14.4 Å². The van der Waals surface area contributed by atoms with E-state index in [1.165, 1.54) is 28.0 Å². The summed E-state index contributed by atoms with van der Waals surface area (Å²) in [5.41, 5.74) is 3.14. The number of anilines is 1. The number of thioether (sulfide) groups is 1. The molecular formula is C32H35ClN6O3S2. The lowest BCUT2D eigenvalue weighted by Gasteiger charge is -2.21. The standard InChI is InChI=1S/C32H35ClN6O3S2/c1-19(2)27(36-29(41)21-13-15-22(33)16-14-21)28-37-38-32(39(28)3)43-18-25(40)35-31-26(23-11-7-8-12-24(23)44-31)30(42)34-17-20-9-5-4-6-10-20/h4-6,9-10,13-16,19,27H,7-8,11-12,17-18H2,1-3H3,(H,34,42)(H,35,40)(H,36,41)/t27-/m0/s1. The summed E-state index contributed by atoms with van der Waals surface area (Å²) in [5.74, 6) is 0.0730. The molecule has 12 heteroatoms. The molecule has 0 saturated carbocycles. The van der Waals surface area contributed by atoms with Gasteiger partial charge < -0.3 is 20.5 Å². The molecule has 2 heterocycles. The number of aryl methyl sites for hydroxylation is 1. The lowest BCUT2D eigenvalue weighted by atomic mass is 9.95. The second-order valence-electron chi connectivity index (χ2n) is 11.0. The van der Waals surface area contributed by atoms with Gasteiger partial charge in [0, 0.05) is 29.1 Å². The SMILES string of the molecule is CC(C)[C@H](NC(=O)c1ccc(Cl)cc1)c1nnc(SCC(=O)Nc2sc3c(c2C(=O)NCc2ccccc2)CCCC3)n1C. The van der Waals surface area contributed by atoms with Gasteiger partial charge in [-0.25, -0.2) is 0 Å². The second kappa shape index (κ2) is 14.4. The van der Waals surface area contributed by atoms with E-state index in [2.05, 4.69) is 26.1 Å². The fourth-order valence-corrected chi connectivity index (χ4v) is 7.28. The monoisotopic (exact) mass is 650 g/mol. The van der Waals surface area contributed by atoms with Crippen LogP contribution in [0.2, 0.25) is 5.02 Å². The Morgan fingerprint density at radius 1 is 1.00 bits per heavy atom. The number of amides is 3. The molecule has 3 N–H and O–H groups in total. The smallest absolute Gasteiger partial charge is 0.254 e. The maximum Gasteiger partial charge on any atom is 0.254 e. The number of nitrogens with one attached hydrogen (secondary N) is 3. The number of carbonyl (C=O) groups excluding carboxylic acids is 3. The van der Waals surface area contributed by atoms with Crippen LogP contribution in [0.3, 0.4) is 0 Å². The molecule has 0 fully saturated rings. The zero-order valence-electron chi connectivity index (χ0n) is 24.9. The van der Waals surface area contributed by atoms with Crippen molar-refractivity contribution in [1.29, 1.82) is 0 Å². The van der Waals surface area contributed by atoms with Crippen LogP contribution >= 0.6 is 34.7 Å². The average molecular weight is 651 g/mol. The van der Waals surface area contributed by atoms with Crippen LogP contribution in [-0.2, 0) is 31.2 Å². The van der Waals surface area contributed by atoms with Crippen molar-refractivity contribution in [1.82, 2.24) is 25.4 Å². The van der Waals surface area contributed by atoms with Gasteiger partial charge in [0.25, 0.3) is 11.8 Å². The molecule has 2 aromatic heterocycles. The summed E-state index contributed by atoms with van der Waals surface area (Å²) >= 11 is 8.72. The molecule has 1 aliphatic rings. The maximum atomic E-state index is 13.4. The van der Waals surface area contributed by atoms with Crippen LogP contribution < -0.4 is 16.0 Å². The number of aromatic nitrogens is 3. The van der Waals surface area contributed by atoms with Gasteiger partial charge in [-0.3, -0.25) is 14.4 Å². The molecule has 5 rings (SSSR count). The van der Waals surface area contributed by atoms with Gasteiger partial charge in [0.05, 0.1) is 17.4 Å². The summed E-state index contributed by atoms with van der Waals surface area (Å²) in [4.78, 5) is 40.6. The zero-order chi connectivity index (χ0) is 31.2. The summed E-state index contributed by atoms with van der Waals surface area (Å²) in [7, 11) is 1.82. The minimum absolute atomic E-state index is 0.0339. The highest BCUT2D eigenvalue weighted by molar-refractivity contribution is 7.99. The lowest BCUT2D eigenvalue weighted by Crippen LogP contribution is -2.33. The van der Waals surface area contributed by atoms with E-state index in [0.29, 0.717) is 38.7 Å². The Kier molecular flexibility index (Phi) is 10.4. The van der Waals surface area contributed by atoms with Gasteiger partial charge >= 0.3 is 0 Å². The number of fused-ring (bicyclic) bond motifs is 1. The number of hydrogen-bond acceptors (Lipinski definition) is 7. The van der Waals surface area contributed by atoms with E-state index in [0.717, 1.165) is 36.8 Å². The predicted molar refractivity (Wildman–Crippen MR) is 175 cm³/mol. The number of nitrogens with zero attached hydrogens (tertiary/aromatic N) is 3. The van der Waals surface area contributed by atoms with Gasteiger partial charge in [0.15, 0.2) is 11.0 Å². The Labute approximate surface area is 270 Å². The first-order chi connectivity index (χ1) is 21.2. The molecule has 0 aliphatic heterocycles. The first kappa shape index (κ1) is 31.7. The first-order valence-electron chi connectivity index (χ1n) is 14.6. The van der Waals surface area contributed by atoms with Crippen molar-refractivity contribution in [3.05, 3.63) is 92.6 Å². The number of thiophene rings is 1. The van der Waals surface area contributed by atoms with Crippen LogP contribution in [0.25, 0.3) is 0 Å². The minimum Gasteiger partial charge on any atom is -0.348 e. The molecule has 2 aromatic carbocycles. The molecule has 1 atom stereocenters. The fraction of sp³-hybridized carbons (Fsp3) is 0.344. The van der Waals surface area contributed by atoms with E-state index in [4.69, 9.17) is 11.6 Å². The van der Waals surface area contributed by atoms with E-state index >= 15 is 0 Å². The molecule has 0 bridgehead atoms. The molecule has 0 spiro atoms. The van der Waals surface area contributed by atoms with Gasteiger partial charge in [0.2, 0.25) is 5.91 Å². The summed E-state index contributed by atoms with van der Waals surface area (Å²) in [6, 6.07) is 16.1. The number of carbonyl (C=O) groups is 3. The molecular weight excluding hydrogens is 616 g/mol. The second-order valence-corrected chi connectivity index (χ2v) is 13.5. The number of rotatable bonds is 11. The van der Waals surface area contributed by atoms with Crippen molar-refractivity contribution in [3.8, 4) is 0 Å². The third-order valence-electron chi connectivity index (χ3n) is 7.49. The number of benzene rings is 2. The van der Waals surface area contributed by atoms with Gasteiger partial charge in [-0.1, -0.05) is 67.5 Å². The Morgan fingerprint density at radius 3 is 2.45 bits per heavy atom. The molecule has 1 aliphatic carbocycles. The highest BCUT2D eigenvalue weighted by Crippen LogP contribution is 2.38. The Morgan fingerprint density at radius 2 is 1.73 bits per heavy atom. The quantitative estimate of drug-likeness (QED) is 0.167. The van der Waals surface area contributed by atoms with Gasteiger partial charge in [-0.2, -0.15) is 0 Å². The van der Waals surface area contributed by atoms with Crippen LogP contribution in [-0.4, -0.2) is 38.2 Å². The van der Waals surface area contributed by atoms with Gasteiger partial charge in [-0.15, -0.1) is 21.5 Å². The first-order valence-corrected chi connectivity index (χ1v) is 16.7. The van der Waals surface area contributed by atoms with Gasteiger partial charge in [-0.05, 0) is 67.0 Å². The van der Waals surface area contributed by atoms with Crippen LogP contribution in [0.1, 0.15) is 75.3 Å². The lowest BCUT2D eigenvalue weighted by molar-refractivity contribution is -0.113. The molecule has 44 heavy (non-hydrogen) atoms. The van der Waals surface area contributed by atoms with Crippen LogP contribution in [0, 0.1) is 5.92 Å². The Hall–Kier alpha value is -3.67. The van der Waals surface area contributed by atoms with Crippen LogP contribution in [0.5, 0.6) is 0 Å². The number of hydrogen-bond donors (Lipinski definition) is 3. The zero-order valence-corrected chi connectivity index (χ0v) is 27.2. The summed E-state index contributed by atoms with van der Waals surface area (Å²) in [5, 5.41) is 19.5. The van der Waals surface area contributed by atoms with Crippen molar-refractivity contribution in [2.75, 3.05) is 11.1 Å². The molecule has 0 unspecified atom stereocenters. The van der Waals surface area contributed by atoms with Crippen molar-refractivity contribution in [3.63, 3.8) is 0 Å². The maximum absolute atomic E-state index is 13.4. The van der Waals surface area contributed by atoms with Gasteiger partial charge in [0.1, 0.15) is 5.00 Å². The van der Waals surface area contributed by atoms with E-state index in [1.807, 2.05) is 51.2 Å². The predicted octanol–water partition coefficient (Wildman–Crippen LogP) is 6.20. The highest BCUT2D eigenvalue weighted by atomic mass is 35.5. The summed E-state index contributed by atoms with van der Waals surface area (Å²) in [6.07, 6.45) is 3.85. The third kappa shape index (κ3) is 7.51. The normalized spacial score (nSPS) is 13.3. The topological polar surface area (TPSA) is 118 Å². The fourth-order valence-electron chi connectivity index (χ4n) is 5.13. The van der Waals surface area contributed by atoms with Crippen molar-refractivity contribution >= 4 is 57.4 Å². The Bertz CT molecular complexity index is 1640. The van der Waals surface area contributed by atoms with Crippen molar-refractivity contribution in [2.45, 2.75) is 57.3 Å². The highest BCUT2D eigenvalue weighted by Gasteiger charge is 2.28. The van der Waals surface area contributed by atoms with Crippen LogP contribution in [0.4, 0.5) is 5.00 Å². The largest absolute Gasteiger partial charge is 0.348 e. The Balaban J connectivity index is 1.24. The summed E-state index contributed by atoms with van der Waals surface area (Å²) < 4.78 is 1.80. The van der Waals surface area contributed by atoms with E-state index < -0.39 is 6.04 Å². The van der Waals surface area contributed by atoms with E-state index in [-0.39, 0.29) is 29.4 Å². The minimum atomic E-state index is -0.395. The van der Waals surface area contributed by atoms with Crippen molar-refractivity contribution in [2.24, 2.45) is 13.0 Å². The summed E-state index contributed by atoms with van der Waals surface area (Å²) in [6.45, 7) is 4.41. The third-order valence-corrected chi connectivity index (χ3v) is 9.97. The van der Waals surface area contributed by atoms with Crippen molar-refractivity contribution < 1.29 is 14.4 Å². The molecule has 0 saturated heterocycles. The molecule has 9 nitrogen and oxygen atoms in total. The molecule has 4 aromatic rings. The average Bonchev–Trinajstić information content (AvgIpc) is 3.57. The van der Waals surface area contributed by atoms with Crippen LogP contribution in [0.15, 0.2) is 59.8 Å². The van der Waals surface area contributed by atoms with E-state index in [1.54, 1.807) is 28.8 Å². The molecule has 230 valence electrons. The molecule has 0 radical (unpaired) electrons.